The van der Waals surface area contributed by atoms with E-state index in [0.717, 1.165) is 25.7 Å². The second kappa shape index (κ2) is 5.00. The van der Waals surface area contributed by atoms with Crippen LogP contribution in [-0.4, -0.2) is 20.5 Å². The number of carbonyl (C=O) groups is 1. The van der Waals surface area contributed by atoms with Crippen LogP contribution in [0.15, 0.2) is 29.2 Å². The smallest absolute Gasteiger partial charge is 0.178 e. The zero-order valence-corrected chi connectivity index (χ0v) is 10.4. The minimum absolute atomic E-state index is 0.243. The Morgan fingerprint density at radius 1 is 1.12 bits per heavy atom. The molecule has 17 heavy (non-hydrogen) atoms. The second-order valence-corrected chi connectivity index (χ2v) is 6.65. The fourth-order valence-electron chi connectivity index (χ4n) is 2.34. The summed E-state index contributed by atoms with van der Waals surface area (Å²) in [4.78, 5) is 10.8. The van der Waals surface area contributed by atoms with Crippen molar-refractivity contribution >= 4 is 16.1 Å². The first-order chi connectivity index (χ1) is 8.12. The van der Waals surface area contributed by atoms with E-state index in [1.54, 1.807) is 12.1 Å². The van der Waals surface area contributed by atoms with Gasteiger partial charge >= 0.3 is 0 Å². The Morgan fingerprint density at radius 2 is 1.71 bits per heavy atom. The van der Waals surface area contributed by atoms with Crippen LogP contribution < -0.4 is 0 Å². The molecule has 0 heterocycles. The molecular weight excluding hydrogens is 236 g/mol. The van der Waals surface area contributed by atoms with E-state index in [9.17, 15) is 13.2 Å². The first-order valence-electron chi connectivity index (χ1n) is 5.90. The normalized spacial score (nSPS) is 17.2. The molecule has 0 unspecified atom stereocenters. The summed E-state index contributed by atoms with van der Waals surface area (Å²) in [5.41, 5.74) is 0.504. The van der Waals surface area contributed by atoms with E-state index < -0.39 is 9.84 Å². The van der Waals surface area contributed by atoms with Crippen LogP contribution in [0.5, 0.6) is 0 Å². The van der Waals surface area contributed by atoms with E-state index in [0.29, 0.717) is 22.7 Å². The van der Waals surface area contributed by atoms with Gasteiger partial charge in [-0.2, -0.15) is 0 Å². The molecule has 1 saturated carbocycles. The third kappa shape index (κ3) is 2.94. The lowest BCUT2D eigenvalue weighted by Crippen LogP contribution is -2.14. The molecule has 0 saturated heterocycles. The van der Waals surface area contributed by atoms with Gasteiger partial charge in [-0.3, -0.25) is 4.79 Å². The van der Waals surface area contributed by atoms with E-state index in [2.05, 4.69) is 0 Å². The summed E-state index contributed by atoms with van der Waals surface area (Å²) >= 11 is 0. The Morgan fingerprint density at radius 3 is 2.24 bits per heavy atom. The lowest BCUT2D eigenvalue weighted by atomic mass is 10.1. The van der Waals surface area contributed by atoms with Crippen molar-refractivity contribution in [3.63, 3.8) is 0 Å². The number of rotatable bonds is 4. The molecule has 0 bridgehead atoms. The zero-order valence-electron chi connectivity index (χ0n) is 9.63. The summed E-state index contributed by atoms with van der Waals surface area (Å²) in [6, 6.07) is 6.14. The maximum absolute atomic E-state index is 12.1. The molecule has 3 nitrogen and oxygen atoms in total. The molecule has 1 fully saturated rings. The first kappa shape index (κ1) is 12.3. The number of hydrogen-bond donors (Lipinski definition) is 0. The van der Waals surface area contributed by atoms with Crippen molar-refractivity contribution in [2.75, 3.05) is 5.75 Å². The van der Waals surface area contributed by atoms with E-state index in [1.807, 2.05) is 0 Å². The minimum atomic E-state index is -3.18. The van der Waals surface area contributed by atoms with Gasteiger partial charge in [0, 0.05) is 5.56 Å². The van der Waals surface area contributed by atoms with E-state index in [1.165, 1.54) is 12.1 Å². The average Bonchev–Trinajstić information content (AvgIpc) is 2.81. The number of aldehydes is 1. The van der Waals surface area contributed by atoms with Crippen LogP contribution in [0.2, 0.25) is 0 Å². The van der Waals surface area contributed by atoms with Gasteiger partial charge in [-0.05, 0) is 30.9 Å². The van der Waals surface area contributed by atoms with Crippen molar-refractivity contribution in [2.24, 2.45) is 5.92 Å². The average molecular weight is 252 g/mol. The molecule has 0 aromatic heterocycles. The van der Waals surface area contributed by atoms with Crippen LogP contribution in [0.4, 0.5) is 0 Å². The van der Waals surface area contributed by atoms with E-state index in [4.69, 9.17) is 0 Å². The predicted molar refractivity (Wildman–Crippen MR) is 65.8 cm³/mol. The molecular formula is C13H16O3S. The van der Waals surface area contributed by atoms with Gasteiger partial charge in [-0.1, -0.05) is 25.0 Å². The third-order valence-corrected chi connectivity index (χ3v) is 5.21. The largest absolute Gasteiger partial charge is 0.298 e. The Hall–Kier alpha value is -1.16. The van der Waals surface area contributed by atoms with Gasteiger partial charge < -0.3 is 0 Å². The molecule has 1 aromatic carbocycles. The van der Waals surface area contributed by atoms with Gasteiger partial charge in [-0.15, -0.1) is 0 Å². The van der Waals surface area contributed by atoms with E-state index in [-0.39, 0.29) is 5.75 Å². The molecule has 1 aliphatic carbocycles. The second-order valence-electron chi connectivity index (χ2n) is 4.62. The SMILES string of the molecule is O=Cc1ccc(S(=O)(=O)CC2CCCC2)cc1. The first-order valence-corrected chi connectivity index (χ1v) is 7.55. The van der Waals surface area contributed by atoms with Gasteiger partial charge in [0.2, 0.25) is 0 Å². The van der Waals surface area contributed by atoms with Crippen LogP contribution in [0.3, 0.4) is 0 Å². The maximum atomic E-state index is 12.1. The fourth-order valence-corrected chi connectivity index (χ4v) is 4.03. The molecule has 0 amide bonds. The van der Waals surface area contributed by atoms with Crippen LogP contribution in [0.25, 0.3) is 0 Å². The van der Waals surface area contributed by atoms with Gasteiger partial charge in [0.05, 0.1) is 10.6 Å². The van der Waals surface area contributed by atoms with Gasteiger partial charge in [-0.25, -0.2) is 8.42 Å². The van der Waals surface area contributed by atoms with Crippen molar-refractivity contribution < 1.29 is 13.2 Å². The summed E-state index contributed by atoms with van der Waals surface area (Å²) < 4.78 is 24.2. The summed E-state index contributed by atoms with van der Waals surface area (Å²) in [6.07, 6.45) is 5.04. The molecule has 1 aliphatic rings. The van der Waals surface area contributed by atoms with Crippen LogP contribution >= 0.6 is 0 Å². The topological polar surface area (TPSA) is 51.2 Å². The molecule has 1 aromatic rings. The highest BCUT2D eigenvalue weighted by Gasteiger charge is 2.23. The monoisotopic (exact) mass is 252 g/mol. The van der Waals surface area contributed by atoms with Gasteiger partial charge in [0.25, 0.3) is 0 Å². The Bertz CT molecular complexity index is 482. The van der Waals surface area contributed by atoms with Crippen molar-refractivity contribution in [1.82, 2.24) is 0 Å². The highest BCUT2D eigenvalue weighted by atomic mass is 32.2. The lowest BCUT2D eigenvalue weighted by molar-refractivity contribution is 0.112. The van der Waals surface area contributed by atoms with Crippen LogP contribution in [0, 0.1) is 5.92 Å². The quantitative estimate of drug-likeness (QED) is 0.773. The number of carbonyl (C=O) groups excluding carboxylic acids is 1. The van der Waals surface area contributed by atoms with Crippen molar-refractivity contribution in [3.05, 3.63) is 29.8 Å². The number of sulfone groups is 1. The zero-order chi connectivity index (χ0) is 12.3. The predicted octanol–water partition coefficient (Wildman–Crippen LogP) is 2.46. The maximum Gasteiger partial charge on any atom is 0.178 e. The van der Waals surface area contributed by atoms with Gasteiger partial charge in [0.1, 0.15) is 6.29 Å². The Labute approximate surface area is 102 Å². The molecule has 0 N–H and O–H groups in total. The summed E-state index contributed by atoms with van der Waals surface area (Å²) in [7, 11) is -3.18. The Kier molecular flexibility index (Phi) is 3.62. The van der Waals surface area contributed by atoms with E-state index >= 15 is 0 Å². The molecule has 4 heteroatoms. The van der Waals surface area contributed by atoms with Gasteiger partial charge in [0.15, 0.2) is 9.84 Å². The van der Waals surface area contributed by atoms with Crippen molar-refractivity contribution in [2.45, 2.75) is 30.6 Å². The molecule has 92 valence electrons. The van der Waals surface area contributed by atoms with Crippen LogP contribution in [-0.2, 0) is 9.84 Å². The highest BCUT2D eigenvalue weighted by molar-refractivity contribution is 7.91. The Balaban J connectivity index is 2.15. The molecule has 0 aliphatic heterocycles. The lowest BCUT2D eigenvalue weighted by Gasteiger charge is -2.09. The standard InChI is InChI=1S/C13H16O3S/c14-9-11-5-7-13(8-6-11)17(15,16)10-12-3-1-2-4-12/h5-9,12H,1-4,10H2. The molecule has 0 radical (unpaired) electrons. The highest BCUT2D eigenvalue weighted by Crippen LogP contribution is 2.28. The number of benzene rings is 1. The summed E-state index contributed by atoms with van der Waals surface area (Å²) in [5.74, 6) is 0.554. The number of hydrogen-bond acceptors (Lipinski definition) is 3. The minimum Gasteiger partial charge on any atom is -0.298 e. The van der Waals surface area contributed by atoms with Crippen LogP contribution in [0.1, 0.15) is 36.0 Å². The molecule has 0 atom stereocenters. The van der Waals surface area contributed by atoms with Crippen molar-refractivity contribution in [3.8, 4) is 0 Å². The summed E-state index contributed by atoms with van der Waals surface area (Å²) in [5, 5.41) is 0. The van der Waals surface area contributed by atoms with Crippen molar-refractivity contribution in [1.29, 1.82) is 0 Å². The molecule has 2 rings (SSSR count). The fraction of sp³-hybridized carbons (Fsp3) is 0.462. The summed E-state index contributed by atoms with van der Waals surface area (Å²) in [6.45, 7) is 0. The molecule has 0 spiro atoms. The third-order valence-electron chi connectivity index (χ3n) is 3.31.